The van der Waals surface area contributed by atoms with Crippen molar-refractivity contribution in [2.75, 3.05) is 17.3 Å². The van der Waals surface area contributed by atoms with Gasteiger partial charge in [0, 0.05) is 17.8 Å². The molecule has 0 amide bonds. The summed E-state index contributed by atoms with van der Waals surface area (Å²) in [5.41, 5.74) is 10.7. The Morgan fingerprint density at radius 1 is 1.35 bits per heavy atom. The zero-order chi connectivity index (χ0) is 15.4. The monoisotopic (exact) mass is 286 g/mol. The van der Waals surface area contributed by atoms with Crippen molar-refractivity contribution in [3.05, 3.63) is 35.2 Å². The number of allylic oxidation sites excluding steroid dienone is 1. The third-order valence-electron chi connectivity index (χ3n) is 2.41. The van der Waals surface area contributed by atoms with Gasteiger partial charge in [0.05, 0.1) is 18.0 Å². The molecule has 1 aromatic rings. The average molecular weight is 286 g/mol. The first-order chi connectivity index (χ1) is 9.29. The molecule has 0 saturated carbocycles. The number of ether oxygens (including phenoxy) is 1. The summed E-state index contributed by atoms with van der Waals surface area (Å²) in [4.78, 5) is 11.8. The summed E-state index contributed by atoms with van der Waals surface area (Å²) in [5, 5.41) is 0.769. The zero-order valence-corrected chi connectivity index (χ0v) is 11.1. The van der Waals surface area contributed by atoms with E-state index in [1.165, 1.54) is 6.92 Å². The van der Waals surface area contributed by atoms with Gasteiger partial charge in [0.2, 0.25) is 0 Å². The fourth-order valence-electron chi connectivity index (χ4n) is 1.53. The topological polar surface area (TPSA) is 108 Å². The van der Waals surface area contributed by atoms with Crippen LogP contribution in [0.5, 0.6) is 0 Å². The van der Waals surface area contributed by atoms with E-state index in [9.17, 15) is 13.6 Å². The lowest BCUT2D eigenvalue weighted by molar-refractivity contribution is -0.138. The van der Waals surface area contributed by atoms with Gasteiger partial charge in [-0.15, -0.1) is 0 Å². The maximum atomic E-state index is 13.3. The molecule has 0 spiro atoms. The second-order valence-electron chi connectivity index (χ2n) is 3.95. The summed E-state index contributed by atoms with van der Waals surface area (Å²) in [6.07, 6.45) is 0. The molecule has 0 aliphatic carbocycles. The van der Waals surface area contributed by atoms with Gasteiger partial charge < -0.3 is 16.2 Å². The molecule has 110 valence electrons. The number of benzene rings is 1. The number of nitrogens with zero attached hydrogens (tertiary/aromatic N) is 1. The van der Waals surface area contributed by atoms with Gasteiger partial charge in [0.25, 0.3) is 0 Å². The normalized spacial score (nSPS) is 11.8. The van der Waals surface area contributed by atoms with E-state index in [-0.39, 0.29) is 29.4 Å². The second-order valence-corrected chi connectivity index (χ2v) is 3.95. The molecule has 0 aromatic heterocycles. The van der Waals surface area contributed by atoms with Crippen LogP contribution in [0.25, 0.3) is 0 Å². The molecular weight excluding hydrogens is 270 g/mol. The highest BCUT2D eigenvalue weighted by atomic mass is 19.2. The molecule has 0 bridgehead atoms. The van der Waals surface area contributed by atoms with E-state index >= 15 is 0 Å². The van der Waals surface area contributed by atoms with Crippen LogP contribution in [0, 0.1) is 11.6 Å². The Morgan fingerprint density at radius 3 is 2.40 bits per heavy atom. The summed E-state index contributed by atoms with van der Waals surface area (Å²) < 4.78 is 31.1. The van der Waals surface area contributed by atoms with Gasteiger partial charge in [-0.3, -0.25) is 5.01 Å². The van der Waals surface area contributed by atoms with E-state index in [0.29, 0.717) is 0 Å². The fourth-order valence-corrected chi connectivity index (χ4v) is 1.53. The van der Waals surface area contributed by atoms with E-state index in [4.69, 9.17) is 22.0 Å². The third-order valence-corrected chi connectivity index (χ3v) is 2.41. The molecule has 0 fully saturated rings. The van der Waals surface area contributed by atoms with Crippen LogP contribution in [0.2, 0.25) is 0 Å². The average Bonchev–Trinajstić information content (AvgIpc) is 2.33. The van der Waals surface area contributed by atoms with Crippen LogP contribution >= 0.6 is 0 Å². The highest BCUT2D eigenvalue weighted by Gasteiger charge is 2.23. The van der Waals surface area contributed by atoms with Crippen molar-refractivity contribution in [2.24, 2.45) is 11.6 Å². The molecule has 0 unspecified atom stereocenters. The van der Waals surface area contributed by atoms with Crippen molar-refractivity contribution in [3.8, 4) is 0 Å². The number of anilines is 2. The number of nitrogens with two attached hydrogens (primary N) is 3. The molecule has 0 aliphatic rings. The van der Waals surface area contributed by atoms with Crippen molar-refractivity contribution in [3.63, 3.8) is 0 Å². The predicted octanol–water partition coefficient (Wildman–Crippen LogP) is 0.980. The van der Waals surface area contributed by atoms with Gasteiger partial charge in [0.15, 0.2) is 17.3 Å². The molecule has 0 atom stereocenters. The van der Waals surface area contributed by atoms with E-state index in [1.54, 1.807) is 6.92 Å². The quantitative estimate of drug-likeness (QED) is 0.250. The third kappa shape index (κ3) is 3.15. The molecular formula is C12H16F2N4O2. The van der Waals surface area contributed by atoms with Crippen LogP contribution in [0.15, 0.2) is 23.5 Å². The smallest absolute Gasteiger partial charge is 0.358 e. The summed E-state index contributed by atoms with van der Waals surface area (Å²) in [6, 6.07) is 1.53. The number of hydrogen-bond acceptors (Lipinski definition) is 6. The molecule has 0 aliphatic heterocycles. The van der Waals surface area contributed by atoms with Crippen LogP contribution in [-0.4, -0.2) is 12.6 Å². The number of halogens is 2. The minimum atomic E-state index is -1.15. The van der Waals surface area contributed by atoms with E-state index in [1.807, 2.05) is 0 Å². The number of rotatable bonds is 4. The van der Waals surface area contributed by atoms with Crippen molar-refractivity contribution in [1.29, 1.82) is 0 Å². The SMILES string of the molecule is CCOC(=O)/C(=C(/C)N)N(N)c1cc(F)c(F)cc1N. The van der Waals surface area contributed by atoms with Crippen molar-refractivity contribution < 1.29 is 18.3 Å². The van der Waals surface area contributed by atoms with Crippen molar-refractivity contribution >= 4 is 17.3 Å². The summed E-state index contributed by atoms with van der Waals surface area (Å²) >= 11 is 0. The van der Waals surface area contributed by atoms with Crippen molar-refractivity contribution in [2.45, 2.75) is 13.8 Å². The summed E-state index contributed by atoms with van der Waals surface area (Å²) in [5.74, 6) is 2.65. The molecule has 0 saturated heterocycles. The Morgan fingerprint density at radius 2 is 1.90 bits per heavy atom. The first-order valence-electron chi connectivity index (χ1n) is 5.72. The molecule has 8 heteroatoms. The first-order valence-corrected chi connectivity index (χ1v) is 5.72. The number of carbonyl (C=O) groups excluding carboxylic acids is 1. The number of nitrogen functional groups attached to an aromatic ring is 1. The Bertz CT molecular complexity index is 557. The maximum Gasteiger partial charge on any atom is 0.358 e. The Balaban J connectivity index is 3.28. The molecule has 0 radical (unpaired) electrons. The zero-order valence-electron chi connectivity index (χ0n) is 11.1. The summed E-state index contributed by atoms with van der Waals surface area (Å²) in [7, 11) is 0. The van der Waals surface area contributed by atoms with Crippen molar-refractivity contribution in [1.82, 2.24) is 0 Å². The molecule has 20 heavy (non-hydrogen) atoms. The molecule has 1 rings (SSSR count). The van der Waals surface area contributed by atoms with Crippen LogP contribution in [-0.2, 0) is 9.53 Å². The van der Waals surface area contributed by atoms with Gasteiger partial charge in [-0.1, -0.05) is 0 Å². The van der Waals surface area contributed by atoms with Gasteiger partial charge in [-0.05, 0) is 13.8 Å². The highest BCUT2D eigenvalue weighted by molar-refractivity contribution is 5.94. The predicted molar refractivity (Wildman–Crippen MR) is 71.0 cm³/mol. The van der Waals surface area contributed by atoms with Gasteiger partial charge in [0.1, 0.15) is 0 Å². The fraction of sp³-hybridized carbons (Fsp3) is 0.250. The second kappa shape index (κ2) is 6.20. The Labute approximate surface area is 114 Å². The number of carbonyl (C=O) groups is 1. The van der Waals surface area contributed by atoms with Crippen LogP contribution in [0.3, 0.4) is 0 Å². The van der Waals surface area contributed by atoms with E-state index in [2.05, 4.69) is 0 Å². The molecule has 6 nitrogen and oxygen atoms in total. The minimum absolute atomic E-state index is 0.0510. The minimum Gasteiger partial charge on any atom is -0.461 e. The molecule has 1 aromatic carbocycles. The lowest BCUT2D eigenvalue weighted by atomic mass is 10.2. The maximum absolute atomic E-state index is 13.3. The molecule has 6 N–H and O–H groups in total. The number of hydrogen-bond donors (Lipinski definition) is 3. The number of esters is 1. The lowest BCUT2D eigenvalue weighted by Crippen LogP contribution is -2.37. The van der Waals surface area contributed by atoms with Crippen LogP contribution in [0.1, 0.15) is 13.8 Å². The van der Waals surface area contributed by atoms with Gasteiger partial charge in [-0.2, -0.15) is 0 Å². The Kier molecular flexibility index (Phi) is 4.87. The standard InChI is InChI=1S/C12H16F2N4O2/c1-3-20-12(19)11(6(2)15)18(17)10-5-8(14)7(13)4-9(10)16/h4-5H,3,15-17H2,1-2H3/b11-6+. The van der Waals surface area contributed by atoms with E-state index < -0.39 is 17.6 Å². The van der Waals surface area contributed by atoms with Crippen LogP contribution in [0.4, 0.5) is 20.2 Å². The number of hydrazine groups is 1. The Hall–Kier alpha value is -2.35. The lowest BCUT2D eigenvalue weighted by Gasteiger charge is -2.23. The highest BCUT2D eigenvalue weighted by Crippen LogP contribution is 2.27. The van der Waals surface area contributed by atoms with Crippen LogP contribution < -0.4 is 22.3 Å². The largest absolute Gasteiger partial charge is 0.461 e. The first kappa shape index (κ1) is 15.7. The van der Waals surface area contributed by atoms with Gasteiger partial charge >= 0.3 is 5.97 Å². The van der Waals surface area contributed by atoms with E-state index in [0.717, 1.165) is 17.1 Å². The summed E-state index contributed by atoms with van der Waals surface area (Å²) in [6.45, 7) is 3.13. The molecule has 0 heterocycles. The van der Waals surface area contributed by atoms with Gasteiger partial charge in [-0.25, -0.2) is 19.4 Å².